The molecule has 2 amide bonds. The van der Waals surface area contributed by atoms with E-state index in [1.54, 1.807) is 13.2 Å². The summed E-state index contributed by atoms with van der Waals surface area (Å²) in [6, 6.07) is 2.35. The number of rotatable bonds is 5. The first-order chi connectivity index (χ1) is 9.61. The standard InChI is InChI=1S/C13H17N3O4/c1-20-8-2-3-9-4-7-12(18)16(15-9)10-5-6-11(17)14-13(10)19/h4,7,10H,2-3,5-6,8H2,1H3,(H,14,17,19). The fraction of sp³-hybridized carbons (Fsp3) is 0.538. The van der Waals surface area contributed by atoms with Crippen molar-refractivity contribution in [3.63, 3.8) is 0 Å². The maximum Gasteiger partial charge on any atom is 0.267 e. The first-order valence-corrected chi connectivity index (χ1v) is 6.53. The number of imide groups is 1. The Morgan fingerprint density at radius 3 is 2.90 bits per heavy atom. The van der Waals surface area contributed by atoms with E-state index in [0.717, 1.165) is 12.1 Å². The quantitative estimate of drug-likeness (QED) is 0.595. The molecule has 1 fully saturated rings. The maximum atomic E-state index is 11.8. The van der Waals surface area contributed by atoms with E-state index >= 15 is 0 Å². The van der Waals surface area contributed by atoms with Crippen LogP contribution in [0.1, 0.15) is 31.0 Å². The van der Waals surface area contributed by atoms with E-state index in [-0.39, 0.29) is 17.9 Å². The largest absolute Gasteiger partial charge is 0.385 e. The molecule has 0 aromatic carbocycles. The van der Waals surface area contributed by atoms with Crippen molar-refractivity contribution in [3.8, 4) is 0 Å². The van der Waals surface area contributed by atoms with Crippen LogP contribution in [0.3, 0.4) is 0 Å². The van der Waals surface area contributed by atoms with E-state index in [1.165, 1.54) is 10.7 Å². The highest BCUT2D eigenvalue weighted by molar-refractivity contribution is 5.99. The molecule has 1 unspecified atom stereocenters. The van der Waals surface area contributed by atoms with Gasteiger partial charge in [0.2, 0.25) is 5.91 Å². The lowest BCUT2D eigenvalue weighted by molar-refractivity contribution is -0.136. The van der Waals surface area contributed by atoms with E-state index in [9.17, 15) is 14.4 Å². The number of amides is 2. The van der Waals surface area contributed by atoms with Crippen LogP contribution in [0.4, 0.5) is 0 Å². The van der Waals surface area contributed by atoms with Crippen LogP contribution in [0.25, 0.3) is 0 Å². The van der Waals surface area contributed by atoms with Crippen LogP contribution in [0, 0.1) is 0 Å². The SMILES string of the molecule is COCCCc1ccc(=O)n(C2CCC(=O)NC2=O)n1. The molecule has 0 spiro atoms. The average molecular weight is 279 g/mol. The summed E-state index contributed by atoms with van der Waals surface area (Å²) in [7, 11) is 1.62. The molecule has 0 radical (unpaired) electrons. The van der Waals surface area contributed by atoms with Crippen LogP contribution >= 0.6 is 0 Å². The van der Waals surface area contributed by atoms with Crippen LogP contribution in [-0.2, 0) is 20.7 Å². The molecule has 0 saturated carbocycles. The predicted molar refractivity (Wildman–Crippen MR) is 70.1 cm³/mol. The molecule has 7 heteroatoms. The summed E-state index contributed by atoms with van der Waals surface area (Å²) in [6.45, 7) is 0.610. The molecule has 0 aliphatic carbocycles. The second-order valence-corrected chi connectivity index (χ2v) is 4.67. The lowest BCUT2D eigenvalue weighted by atomic mass is 10.1. The Balaban J connectivity index is 2.18. The third-order valence-electron chi connectivity index (χ3n) is 3.17. The molecule has 1 saturated heterocycles. The third kappa shape index (κ3) is 3.30. The zero-order valence-corrected chi connectivity index (χ0v) is 11.3. The fourth-order valence-electron chi connectivity index (χ4n) is 2.13. The Hall–Kier alpha value is -2.02. The maximum absolute atomic E-state index is 11.8. The van der Waals surface area contributed by atoms with Crippen LogP contribution in [-0.4, -0.2) is 35.3 Å². The molecule has 7 nitrogen and oxygen atoms in total. The zero-order chi connectivity index (χ0) is 14.5. The van der Waals surface area contributed by atoms with Crippen LogP contribution in [0.5, 0.6) is 0 Å². The van der Waals surface area contributed by atoms with Gasteiger partial charge in [-0.25, -0.2) is 4.68 Å². The van der Waals surface area contributed by atoms with Crippen molar-refractivity contribution in [2.75, 3.05) is 13.7 Å². The van der Waals surface area contributed by atoms with Gasteiger partial charge in [-0.2, -0.15) is 5.10 Å². The Labute approximate surface area is 115 Å². The molecular formula is C13H17N3O4. The van der Waals surface area contributed by atoms with Crippen molar-refractivity contribution in [1.29, 1.82) is 0 Å². The number of nitrogens with zero attached hydrogens (tertiary/aromatic N) is 2. The summed E-state index contributed by atoms with van der Waals surface area (Å²) in [5.41, 5.74) is 0.390. The highest BCUT2D eigenvalue weighted by Crippen LogP contribution is 2.15. The minimum Gasteiger partial charge on any atom is -0.385 e. The van der Waals surface area contributed by atoms with Gasteiger partial charge in [0.15, 0.2) is 0 Å². The summed E-state index contributed by atoms with van der Waals surface area (Å²) >= 11 is 0. The monoisotopic (exact) mass is 279 g/mol. The Bertz CT molecular complexity index is 567. The van der Waals surface area contributed by atoms with Gasteiger partial charge in [0, 0.05) is 26.2 Å². The van der Waals surface area contributed by atoms with E-state index in [4.69, 9.17) is 4.74 Å². The lowest BCUT2D eigenvalue weighted by Crippen LogP contribution is -2.45. The zero-order valence-electron chi connectivity index (χ0n) is 11.3. The molecule has 1 aliphatic heterocycles. The molecule has 2 rings (SSSR count). The van der Waals surface area contributed by atoms with Gasteiger partial charge in [0.1, 0.15) is 6.04 Å². The number of aromatic nitrogens is 2. The second kappa shape index (κ2) is 6.42. The highest BCUT2D eigenvalue weighted by Gasteiger charge is 2.29. The summed E-state index contributed by atoms with van der Waals surface area (Å²) < 4.78 is 6.14. The van der Waals surface area contributed by atoms with Gasteiger partial charge in [-0.1, -0.05) is 0 Å². The minimum absolute atomic E-state index is 0.221. The number of ether oxygens (including phenoxy) is 1. The Morgan fingerprint density at radius 2 is 2.20 bits per heavy atom. The number of carbonyl (C=O) groups excluding carboxylic acids is 2. The molecule has 1 aliphatic rings. The van der Waals surface area contributed by atoms with Gasteiger partial charge in [0.25, 0.3) is 11.5 Å². The molecule has 1 aromatic heterocycles. The lowest BCUT2D eigenvalue weighted by Gasteiger charge is -2.22. The smallest absolute Gasteiger partial charge is 0.267 e. The molecule has 108 valence electrons. The van der Waals surface area contributed by atoms with Crippen molar-refractivity contribution in [2.45, 2.75) is 31.7 Å². The minimum atomic E-state index is -0.706. The molecule has 1 N–H and O–H groups in total. The number of hydrogen-bond acceptors (Lipinski definition) is 5. The topological polar surface area (TPSA) is 90.3 Å². The summed E-state index contributed by atoms with van der Waals surface area (Å²) in [5.74, 6) is -0.777. The first-order valence-electron chi connectivity index (χ1n) is 6.53. The van der Waals surface area contributed by atoms with Gasteiger partial charge in [0.05, 0.1) is 5.69 Å². The van der Waals surface area contributed by atoms with E-state index in [2.05, 4.69) is 10.4 Å². The van der Waals surface area contributed by atoms with Gasteiger partial charge in [-0.05, 0) is 25.3 Å². The van der Waals surface area contributed by atoms with E-state index in [0.29, 0.717) is 19.4 Å². The molecule has 1 aromatic rings. The molecule has 2 heterocycles. The van der Waals surface area contributed by atoms with Crippen LogP contribution in [0.2, 0.25) is 0 Å². The van der Waals surface area contributed by atoms with Gasteiger partial charge in [-0.15, -0.1) is 0 Å². The summed E-state index contributed by atoms with van der Waals surface area (Å²) in [4.78, 5) is 34.7. The number of methoxy groups -OCH3 is 1. The van der Waals surface area contributed by atoms with Crippen molar-refractivity contribution >= 4 is 11.8 Å². The number of carbonyl (C=O) groups is 2. The van der Waals surface area contributed by atoms with Gasteiger partial charge in [-0.3, -0.25) is 19.7 Å². The average Bonchev–Trinajstić information content (AvgIpc) is 2.41. The second-order valence-electron chi connectivity index (χ2n) is 4.67. The third-order valence-corrected chi connectivity index (χ3v) is 3.17. The van der Waals surface area contributed by atoms with E-state index in [1.807, 2.05) is 0 Å². The molecule has 1 atom stereocenters. The fourth-order valence-corrected chi connectivity index (χ4v) is 2.13. The van der Waals surface area contributed by atoms with Gasteiger partial charge >= 0.3 is 0 Å². The van der Waals surface area contributed by atoms with E-state index < -0.39 is 11.9 Å². The Kier molecular flexibility index (Phi) is 4.62. The predicted octanol–water partition coefficient (Wildman–Crippen LogP) is -0.200. The number of piperidine rings is 1. The van der Waals surface area contributed by atoms with Crippen LogP contribution < -0.4 is 10.9 Å². The Morgan fingerprint density at radius 1 is 1.40 bits per heavy atom. The molecule has 0 bridgehead atoms. The number of hydrogen-bond donors (Lipinski definition) is 1. The number of nitrogens with one attached hydrogen (secondary N) is 1. The van der Waals surface area contributed by atoms with Crippen molar-refractivity contribution in [3.05, 3.63) is 28.2 Å². The van der Waals surface area contributed by atoms with Crippen LogP contribution in [0.15, 0.2) is 16.9 Å². The van der Waals surface area contributed by atoms with Gasteiger partial charge < -0.3 is 4.74 Å². The molecule has 20 heavy (non-hydrogen) atoms. The summed E-state index contributed by atoms with van der Waals surface area (Å²) in [6.07, 6.45) is 1.98. The molecular weight excluding hydrogens is 262 g/mol. The normalized spacial score (nSPS) is 18.9. The van der Waals surface area contributed by atoms with Crippen molar-refractivity contribution in [1.82, 2.24) is 15.1 Å². The number of aryl methyl sites for hydroxylation is 1. The summed E-state index contributed by atoms with van der Waals surface area (Å²) in [5, 5.41) is 6.45. The first kappa shape index (κ1) is 14.4. The highest BCUT2D eigenvalue weighted by atomic mass is 16.5. The van der Waals surface area contributed by atoms with Crippen molar-refractivity contribution in [2.24, 2.45) is 0 Å². The van der Waals surface area contributed by atoms with Crippen molar-refractivity contribution < 1.29 is 14.3 Å².